The van der Waals surface area contributed by atoms with Gasteiger partial charge in [0.2, 0.25) is 0 Å². The topological polar surface area (TPSA) is 55.8 Å². The van der Waals surface area contributed by atoms with E-state index in [4.69, 9.17) is 5.11 Å². The molecular weight excluding hydrogens is 206 g/mol. The minimum atomic E-state index is -0.774. The molecule has 96 valence electrons. The number of hydrogen-bond acceptors (Lipinski definition) is 4. The second kappa shape index (κ2) is 8.50. The third-order valence-corrected chi connectivity index (χ3v) is 2.59. The number of likely N-dealkylation sites (N-methyl/N-ethyl adjacent to an activating group) is 1. The second-order valence-corrected chi connectivity index (χ2v) is 4.43. The third kappa shape index (κ3) is 7.62. The Bertz CT molecular complexity index is 198. The standard InChI is InChI=1S/C11H25N3O2/c1-12-10(11(15)16)6-9-14(4)8-5-7-13(2)3/h10,12H,5-9H2,1-4H3,(H,15,16). The molecule has 0 aliphatic rings. The maximum Gasteiger partial charge on any atom is 0.320 e. The number of nitrogens with one attached hydrogen (secondary N) is 1. The zero-order valence-corrected chi connectivity index (χ0v) is 10.9. The summed E-state index contributed by atoms with van der Waals surface area (Å²) < 4.78 is 0. The largest absolute Gasteiger partial charge is 0.480 e. The number of nitrogens with zero attached hydrogens (tertiary/aromatic N) is 2. The van der Waals surface area contributed by atoms with Crippen molar-refractivity contribution >= 4 is 5.97 Å². The van der Waals surface area contributed by atoms with E-state index in [9.17, 15) is 4.79 Å². The van der Waals surface area contributed by atoms with Crippen LogP contribution in [0.3, 0.4) is 0 Å². The molecule has 0 aliphatic carbocycles. The van der Waals surface area contributed by atoms with Crippen LogP contribution in [-0.2, 0) is 4.79 Å². The van der Waals surface area contributed by atoms with Crippen LogP contribution in [0.4, 0.5) is 0 Å². The van der Waals surface area contributed by atoms with Gasteiger partial charge in [0, 0.05) is 0 Å². The van der Waals surface area contributed by atoms with Gasteiger partial charge in [0.25, 0.3) is 0 Å². The number of carboxylic acid groups (broad SMARTS) is 1. The van der Waals surface area contributed by atoms with Gasteiger partial charge in [0.05, 0.1) is 0 Å². The highest BCUT2D eigenvalue weighted by molar-refractivity contribution is 5.73. The zero-order chi connectivity index (χ0) is 12.6. The summed E-state index contributed by atoms with van der Waals surface area (Å²) in [7, 11) is 7.83. The van der Waals surface area contributed by atoms with E-state index < -0.39 is 12.0 Å². The van der Waals surface area contributed by atoms with Gasteiger partial charge in [-0.2, -0.15) is 0 Å². The van der Waals surface area contributed by atoms with Crippen molar-refractivity contribution in [2.24, 2.45) is 0 Å². The molecule has 16 heavy (non-hydrogen) atoms. The Labute approximate surface area is 98.4 Å². The first kappa shape index (κ1) is 15.3. The lowest BCUT2D eigenvalue weighted by molar-refractivity contribution is -0.139. The van der Waals surface area contributed by atoms with Crippen LogP contribution >= 0.6 is 0 Å². The van der Waals surface area contributed by atoms with E-state index in [2.05, 4.69) is 29.2 Å². The normalized spacial score (nSPS) is 13.4. The van der Waals surface area contributed by atoms with Gasteiger partial charge in [-0.1, -0.05) is 0 Å². The minimum absolute atomic E-state index is 0.434. The van der Waals surface area contributed by atoms with Gasteiger partial charge in [-0.15, -0.1) is 0 Å². The van der Waals surface area contributed by atoms with Crippen molar-refractivity contribution in [1.82, 2.24) is 15.1 Å². The molecule has 0 aromatic heterocycles. The van der Waals surface area contributed by atoms with Crippen molar-refractivity contribution in [3.8, 4) is 0 Å². The molecule has 0 bridgehead atoms. The molecule has 0 fully saturated rings. The SMILES string of the molecule is CNC(CCN(C)CCCN(C)C)C(=O)O. The molecule has 0 aromatic carbocycles. The number of hydrogen-bond donors (Lipinski definition) is 2. The van der Waals surface area contributed by atoms with Crippen molar-refractivity contribution in [2.75, 3.05) is 47.8 Å². The molecule has 0 aliphatic heterocycles. The monoisotopic (exact) mass is 231 g/mol. The molecule has 0 amide bonds. The van der Waals surface area contributed by atoms with Crippen LogP contribution in [0.2, 0.25) is 0 Å². The van der Waals surface area contributed by atoms with Crippen molar-refractivity contribution in [3.63, 3.8) is 0 Å². The third-order valence-electron chi connectivity index (χ3n) is 2.59. The zero-order valence-electron chi connectivity index (χ0n) is 10.9. The fourth-order valence-corrected chi connectivity index (χ4v) is 1.51. The first-order chi connectivity index (χ1) is 7.47. The van der Waals surface area contributed by atoms with Gasteiger partial charge in [-0.25, -0.2) is 0 Å². The number of carbonyl (C=O) groups is 1. The Morgan fingerprint density at radius 2 is 1.88 bits per heavy atom. The predicted molar refractivity (Wildman–Crippen MR) is 65.8 cm³/mol. The van der Waals surface area contributed by atoms with Crippen molar-refractivity contribution < 1.29 is 9.90 Å². The summed E-state index contributed by atoms with van der Waals surface area (Å²) in [5.41, 5.74) is 0. The molecule has 0 rings (SSSR count). The van der Waals surface area contributed by atoms with Crippen molar-refractivity contribution in [3.05, 3.63) is 0 Å². The van der Waals surface area contributed by atoms with Crippen molar-refractivity contribution in [2.45, 2.75) is 18.9 Å². The Morgan fingerprint density at radius 1 is 1.25 bits per heavy atom. The first-order valence-corrected chi connectivity index (χ1v) is 5.70. The molecule has 5 heteroatoms. The Morgan fingerprint density at radius 3 is 2.31 bits per heavy atom. The molecule has 2 N–H and O–H groups in total. The lowest BCUT2D eigenvalue weighted by atomic mass is 10.2. The van der Waals surface area contributed by atoms with Crippen LogP contribution in [0.15, 0.2) is 0 Å². The quantitative estimate of drug-likeness (QED) is 0.582. The Kier molecular flexibility index (Phi) is 8.15. The second-order valence-electron chi connectivity index (χ2n) is 4.43. The lowest BCUT2D eigenvalue weighted by Gasteiger charge is -2.20. The molecule has 0 aromatic rings. The molecule has 1 unspecified atom stereocenters. The molecule has 0 saturated carbocycles. The average Bonchev–Trinajstić information content (AvgIpc) is 2.17. The summed E-state index contributed by atoms with van der Waals surface area (Å²) in [6.07, 6.45) is 1.76. The van der Waals surface area contributed by atoms with E-state index in [0.717, 1.165) is 26.1 Å². The fraction of sp³-hybridized carbons (Fsp3) is 0.909. The maximum atomic E-state index is 10.8. The smallest absolute Gasteiger partial charge is 0.320 e. The van der Waals surface area contributed by atoms with E-state index in [1.165, 1.54) is 0 Å². The first-order valence-electron chi connectivity index (χ1n) is 5.70. The van der Waals surface area contributed by atoms with E-state index in [-0.39, 0.29) is 0 Å². The van der Waals surface area contributed by atoms with Gasteiger partial charge in [0.1, 0.15) is 6.04 Å². The van der Waals surface area contributed by atoms with Crippen LogP contribution in [-0.4, -0.2) is 74.7 Å². The summed E-state index contributed by atoms with van der Waals surface area (Å²) in [6.45, 7) is 2.89. The van der Waals surface area contributed by atoms with E-state index in [1.807, 2.05) is 7.05 Å². The van der Waals surface area contributed by atoms with Gasteiger partial charge >= 0.3 is 5.97 Å². The number of aliphatic carboxylic acids is 1. The predicted octanol–water partition coefficient (Wildman–Crippen LogP) is -0.0674. The van der Waals surface area contributed by atoms with Crippen molar-refractivity contribution in [1.29, 1.82) is 0 Å². The Balaban J connectivity index is 3.63. The highest BCUT2D eigenvalue weighted by Gasteiger charge is 2.14. The molecule has 0 heterocycles. The van der Waals surface area contributed by atoms with E-state index >= 15 is 0 Å². The van der Waals surface area contributed by atoms with Crippen LogP contribution in [0.25, 0.3) is 0 Å². The summed E-state index contributed by atoms with van der Waals surface area (Å²) >= 11 is 0. The molecule has 1 atom stereocenters. The van der Waals surface area contributed by atoms with Gasteiger partial charge in [0.15, 0.2) is 0 Å². The molecule has 0 spiro atoms. The number of carboxylic acids is 1. The van der Waals surface area contributed by atoms with Crippen LogP contribution in [0, 0.1) is 0 Å². The summed E-state index contributed by atoms with van der Waals surface area (Å²) in [6, 6.07) is -0.434. The van der Waals surface area contributed by atoms with Gasteiger partial charge in [-0.3, -0.25) is 4.79 Å². The summed E-state index contributed by atoms with van der Waals surface area (Å²) in [4.78, 5) is 15.1. The van der Waals surface area contributed by atoms with E-state index in [1.54, 1.807) is 7.05 Å². The highest BCUT2D eigenvalue weighted by atomic mass is 16.4. The summed E-state index contributed by atoms with van der Waals surface area (Å²) in [5.74, 6) is -0.774. The van der Waals surface area contributed by atoms with Crippen LogP contribution in [0.5, 0.6) is 0 Å². The summed E-state index contributed by atoms with van der Waals surface area (Å²) in [5, 5.41) is 11.6. The molecule has 0 saturated heterocycles. The minimum Gasteiger partial charge on any atom is -0.480 e. The Hall–Kier alpha value is -0.650. The number of rotatable bonds is 9. The maximum absolute atomic E-state index is 10.8. The van der Waals surface area contributed by atoms with Gasteiger partial charge in [-0.05, 0) is 60.7 Å². The lowest BCUT2D eigenvalue weighted by Crippen LogP contribution is -2.37. The van der Waals surface area contributed by atoms with Gasteiger partial charge < -0.3 is 20.2 Å². The molecule has 0 radical (unpaired) electrons. The fourth-order valence-electron chi connectivity index (χ4n) is 1.51. The molecular formula is C11H25N3O2. The van der Waals surface area contributed by atoms with E-state index in [0.29, 0.717) is 6.42 Å². The average molecular weight is 231 g/mol. The van der Waals surface area contributed by atoms with Crippen LogP contribution < -0.4 is 5.32 Å². The van der Waals surface area contributed by atoms with Crippen LogP contribution in [0.1, 0.15) is 12.8 Å². The highest BCUT2D eigenvalue weighted by Crippen LogP contribution is 1.96. The molecule has 5 nitrogen and oxygen atoms in total.